The molecule has 32 heavy (non-hydrogen) atoms. The van der Waals surface area contributed by atoms with Crippen molar-refractivity contribution >= 4 is 23.8 Å². The Labute approximate surface area is 179 Å². The van der Waals surface area contributed by atoms with Crippen LogP contribution in [0.25, 0.3) is 0 Å². The van der Waals surface area contributed by atoms with E-state index < -0.39 is 85.2 Å². The Morgan fingerprint density at radius 2 is 1.69 bits per heavy atom. The number of hydrogen-bond donors (Lipinski definition) is 8. The molecule has 10 atom stereocenters. The van der Waals surface area contributed by atoms with Crippen LogP contribution in [0, 0.1) is 0 Å². The van der Waals surface area contributed by atoms with Gasteiger partial charge in [-0.05, 0) is 0 Å². The molecule has 0 aromatic rings. The molecule has 3 aliphatic rings. The van der Waals surface area contributed by atoms with Crippen molar-refractivity contribution in [2.24, 2.45) is 5.73 Å². The molecule has 4 amide bonds. The molecule has 3 fully saturated rings. The van der Waals surface area contributed by atoms with Gasteiger partial charge in [0.2, 0.25) is 11.8 Å². The number of aliphatic carboxylic acids is 1. The smallest absolute Gasteiger partial charge is 0.335 e. The van der Waals surface area contributed by atoms with Crippen molar-refractivity contribution in [2.75, 3.05) is 6.54 Å². The van der Waals surface area contributed by atoms with Gasteiger partial charge in [-0.3, -0.25) is 19.8 Å². The summed E-state index contributed by atoms with van der Waals surface area (Å²) < 4.78 is 15.5. The number of urea groups is 1. The van der Waals surface area contributed by atoms with E-state index in [1.54, 1.807) is 0 Å². The van der Waals surface area contributed by atoms with Crippen LogP contribution in [0.2, 0.25) is 0 Å². The number of imide groups is 1. The number of nitrogens with one attached hydrogen (secondary N) is 1. The van der Waals surface area contributed by atoms with Crippen LogP contribution < -0.4 is 11.1 Å². The number of rotatable bonds is 6. The first-order valence-electron chi connectivity index (χ1n) is 9.43. The number of hydrogen-bond acceptors (Lipinski definition) is 12. The number of aliphatic hydroxyl groups excluding tert-OH is 5. The third-order valence-corrected chi connectivity index (χ3v) is 5.34. The minimum Gasteiger partial charge on any atom is -0.479 e. The van der Waals surface area contributed by atoms with Gasteiger partial charge < -0.3 is 50.6 Å². The van der Waals surface area contributed by atoms with E-state index in [9.17, 15) is 44.7 Å². The molecular weight excluding hydrogens is 442 g/mol. The maximum atomic E-state index is 12.0. The highest BCUT2D eigenvalue weighted by Gasteiger charge is 2.54. The summed E-state index contributed by atoms with van der Waals surface area (Å²) in [4.78, 5) is 47.4. The fraction of sp³-hybridized carbons (Fsp3) is 0.750. The van der Waals surface area contributed by atoms with Gasteiger partial charge in [-0.25, -0.2) is 9.59 Å². The average molecular weight is 465 g/mol. The molecule has 3 aliphatic heterocycles. The summed E-state index contributed by atoms with van der Waals surface area (Å²) in [7, 11) is 0. The fourth-order valence-electron chi connectivity index (χ4n) is 3.63. The third kappa shape index (κ3) is 4.39. The lowest BCUT2D eigenvalue weighted by molar-refractivity contribution is -0.309. The lowest BCUT2D eigenvalue weighted by atomic mass is 9.98. The maximum Gasteiger partial charge on any atom is 0.335 e. The fourth-order valence-corrected chi connectivity index (χ4v) is 3.63. The van der Waals surface area contributed by atoms with Crippen LogP contribution in [0.15, 0.2) is 0 Å². The minimum absolute atomic E-state index is 0.117. The van der Waals surface area contributed by atoms with E-state index in [1.807, 2.05) is 5.32 Å². The monoisotopic (exact) mass is 465 g/mol. The van der Waals surface area contributed by atoms with Gasteiger partial charge in [0.15, 0.2) is 24.7 Å². The summed E-state index contributed by atoms with van der Waals surface area (Å²) >= 11 is 0. The number of amides is 4. The zero-order valence-corrected chi connectivity index (χ0v) is 16.3. The van der Waals surface area contributed by atoms with Gasteiger partial charge >= 0.3 is 12.0 Å². The molecule has 0 aliphatic carbocycles. The van der Waals surface area contributed by atoms with Gasteiger partial charge in [0.1, 0.15) is 36.6 Å². The molecular formula is C16H23N3O13. The molecule has 0 aromatic carbocycles. The second kappa shape index (κ2) is 9.20. The molecule has 3 heterocycles. The molecule has 16 heteroatoms. The van der Waals surface area contributed by atoms with Crippen molar-refractivity contribution in [1.82, 2.24) is 10.2 Å². The van der Waals surface area contributed by atoms with Crippen LogP contribution >= 0.6 is 0 Å². The average Bonchev–Trinajstić information content (AvgIpc) is 3.00. The minimum atomic E-state index is -2.04. The highest BCUT2D eigenvalue weighted by atomic mass is 16.7. The van der Waals surface area contributed by atoms with Crippen molar-refractivity contribution < 1.29 is 64.0 Å². The molecule has 0 aromatic heterocycles. The SMILES string of the molecule is NC(=O)C(OC1OC(C(=O)O)C(O)C(O)C1O)C1OC(N2CCC(=O)NC2=O)C(O)C1O. The number of primary amides is 1. The molecule has 9 N–H and O–H groups in total. The normalized spacial score (nSPS) is 41.3. The van der Waals surface area contributed by atoms with Gasteiger partial charge in [-0.15, -0.1) is 0 Å². The van der Waals surface area contributed by atoms with Gasteiger partial charge in [0, 0.05) is 13.0 Å². The van der Waals surface area contributed by atoms with Crippen LogP contribution in [0.4, 0.5) is 4.79 Å². The van der Waals surface area contributed by atoms with Gasteiger partial charge in [0.05, 0.1) is 0 Å². The van der Waals surface area contributed by atoms with Gasteiger partial charge in [0.25, 0.3) is 0 Å². The van der Waals surface area contributed by atoms with Crippen molar-refractivity contribution in [3.05, 3.63) is 0 Å². The Morgan fingerprint density at radius 3 is 2.25 bits per heavy atom. The Kier molecular flexibility index (Phi) is 6.96. The van der Waals surface area contributed by atoms with Gasteiger partial charge in [-0.1, -0.05) is 0 Å². The van der Waals surface area contributed by atoms with Crippen LogP contribution in [0.5, 0.6) is 0 Å². The van der Waals surface area contributed by atoms with E-state index in [0.29, 0.717) is 0 Å². The summed E-state index contributed by atoms with van der Waals surface area (Å²) in [6, 6.07) is -0.915. The number of carbonyl (C=O) groups excluding carboxylic acids is 3. The van der Waals surface area contributed by atoms with Crippen molar-refractivity contribution in [3.8, 4) is 0 Å². The lowest BCUT2D eigenvalue weighted by Crippen LogP contribution is -2.62. The highest BCUT2D eigenvalue weighted by molar-refractivity contribution is 5.96. The molecule has 0 radical (unpaired) electrons. The third-order valence-electron chi connectivity index (χ3n) is 5.34. The van der Waals surface area contributed by atoms with Crippen LogP contribution in [0.1, 0.15) is 6.42 Å². The van der Waals surface area contributed by atoms with Crippen LogP contribution in [-0.2, 0) is 28.6 Å². The summed E-state index contributed by atoms with van der Waals surface area (Å²) in [5, 5.41) is 61.4. The molecule has 0 bridgehead atoms. The summed E-state index contributed by atoms with van der Waals surface area (Å²) in [6.45, 7) is -0.164. The van der Waals surface area contributed by atoms with Crippen molar-refractivity contribution in [2.45, 2.75) is 67.8 Å². The first-order chi connectivity index (χ1) is 14.9. The second-order valence-electron chi connectivity index (χ2n) is 7.46. The number of nitrogens with two attached hydrogens (primary N) is 1. The molecule has 0 saturated carbocycles. The molecule has 0 spiro atoms. The van der Waals surface area contributed by atoms with Crippen LogP contribution in [-0.4, -0.2) is 127 Å². The molecule has 16 nitrogen and oxygen atoms in total. The van der Waals surface area contributed by atoms with Crippen molar-refractivity contribution in [1.29, 1.82) is 0 Å². The summed E-state index contributed by atoms with van der Waals surface area (Å²) in [6.07, 6.45) is -19.0. The number of aliphatic hydroxyl groups is 5. The van der Waals surface area contributed by atoms with E-state index in [4.69, 9.17) is 25.1 Å². The highest BCUT2D eigenvalue weighted by Crippen LogP contribution is 2.31. The second-order valence-corrected chi connectivity index (χ2v) is 7.46. The zero-order chi connectivity index (χ0) is 23.9. The predicted octanol–water partition coefficient (Wildman–Crippen LogP) is -5.86. The molecule has 180 valence electrons. The first-order valence-corrected chi connectivity index (χ1v) is 9.43. The number of carboxylic acids is 1. The summed E-state index contributed by atoms with van der Waals surface area (Å²) in [5.74, 6) is -3.55. The standard InChI is InChI=1S/C16H23N3O13/c17-12(26)11(32-15-8(25)4(21)5(22)10(31-15)14(27)28)9-6(23)7(24)13(30-9)19-2-1-3(20)18-16(19)29/h4-11,13,15,21-25H,1-2H2,(H2,17,26)(H,27,28)(H,18,20,29). The largest absolute Gasteiger partial charge is 0.479 e. The Balaban J connectivity index is 1.78. The van der Waals surface area contributed by atoms with Crippen LogP contribution in [0.3, 0.4) is 0 Å². The Morgan fingerprint density at radius 1 is 1.03 bits per heavy atom. The predicted molar refractivity (Wildman–Crippen MR) is 93.9 cm³/mol. The van der Waals surface area contributed by atoms with E-state index in [1.165, 1.54) is 0 Å². The lowest BCUT2D eigenvalue weighted by Gasteiger charge is -2.40. The number of ether oxygens (including phenoxy) is 3. The topological polar surface area (TPSA) is 259 Å². The van der Waals surface area contributed by atoms with Gasteiger partial charge in [-0.2, -0.15) is 0 Å². The maximum absolute atomic E-state index is 12.0. The molecule has 3 rings (SSSR count). The quantitative estimate of drug-likeness (QED) is 0.182. The zero-order valence-electron chi connectivity index (χ0n) is 16.3. The first kappa shape index (κ1) is 24.2. The van der Waals surface area contributed by atoms with E-state index in [-0.39, 0.29) is 13.0 Å². The molecule has 10 unspecified atom stereocenters. The van der Waals surface area contributed by atoms with E-state index in [2.05, 4.69) is 0 Å². The Hall–Kier alpha value is -2.44. The van der Waals surface area contributed by atoms with E-state index >= 15 is 0 Å². The van der Waals surface area contributed by atoms with E-state index in [0.717, 1.165) is 4.90 Å². The number of nitrogens with zero attached hydrogens (tertiary/aromatic N) is 1. The number of carbonyl (C=O) groups is 4. The number of carboxylic acid groups (broad SMARTS) is 1. The van der Waals surface area contributed by atoms with Crippen molar-refractivity contribution in [3.63, 3.8) is 0 Å². The Bertz CT molecular complexity index is 780. The molecule has 3 saturated heterocycles. The summed E-state index contributed by atoms with van der Waals surface area (Å²) in [5.41, 5.74) is 5.27.